The molecule has 2 atom stereocenters. The number of carbonyl (C=O) groups excluding carboxylic acids is 1. The van der Waals surface area contributed by atoms with E-state index in [9.17, 15) is 18.4 Å². The number of hydrogen-bond acceptors (Lipinski definition) is 3. The Kier molecular flexibility index (Phi) is 5.42. The van der Waals surface area contributed by atoms with Crippen molar-refractivity contribution in [1.29, 1.82) is 0 Å². The first-order valence-electron chi connectivity index (χ1n) is 6.00. The van der Waals surface area contributed by atoms with Gasteiger partial charge in [-0.15, -0.1) is 0 Å². The lowest BCUT2D eigenvalue weighted by Gasteiger charge is -2.18. The summed E-state index contributed by atoms with van der Waals surface area (Å²) in [4.78, 5) is 22.5. The van der Waals surface area contributed by atoms with Crippen LogP contribution in [0.5, 0.6) is 5.75 Å². The van der Waals surface area contributed by atoms with Crippen LogP contribution in [0.3, 0.4) is 0 Å². The number of aliphatic carboxylic acids is 1. The minimum absolute atomic E-state index is 0.0186. The Labute approximate surface area is 114 Å². The van der Waals surface area contributed by atoms with Gasteiger partial charge in [-0.25, -0.2) is 13.6 Å². The van der Waals surface area contributed by atoms with Crippen LogP contribution in [0.1, 0.15) is 20.3 Å². The number of carbonyl (C=O) groups is 2. The maximum absolute atomic E-state index is 13.0. The highest BCUT2D eigenvalue weighted by Crippen LogP contribution is 2.16. The number of ether oxygens (including phenoxy) is 1. The van der Waals surface area contributed by atoms with Gasteiger partial charge in [0.15, 0.2) is 17.7 Å². The van der Waals surface area contributed by atoms with Crippen molar-refractivity contribution in [2.75, 3.05) is 0 Å². The minimum atomic E-state index is -1.15. The zero-order valence-corrected chi connectivity index (χ0v) is 11.0. The largest absolute Gasteiger partial charge is 0.481 e. The lowest BCUT2D eigenvalue weighted by atomic mass is 10.2. The quantitative estimate of drug-likeness (QED) is 0.835. The maximum Gasteiger partial charge on any atom is 0.326 e. The predicted octanol–water partition coefficient (Wildman–Crippen LogP) is 1.71. The number of amides is 1. The van der Waals surface area contributed by atoms with E-state index in [0.717, 1.165) is 12.1 Å². The summed E-state index contributed by atoms with van der Waals surface area (Å²) in [5.74, 6) is -3.93. The molecule has 2 N–H and O–H groups in total. The highest BCUT2D eigenvalue weighted by atomic mass is 19.2. The molecule has 0 bridgehead atoms. The van der Waals surface area contributed by atoms with E-state index in [2.05, 4.69) is 5.32 Å². The molecule has 0 fully saturated rings. The summed E-state index contributed by atoms with van der Waals surface area (Å²) in [7, 11) is 0. The number of halogens is 2. The zero-order chi connectivity index (χ0) is 15.3. The third kappa shape index (κ3) is 4.18. The van der Waals surface area contributed by atoms with Gasteiger partial charge in [0.25, 0.3) is 5.91 Å². The molecule has 5 nitrogen and oxygen atoms in total. The van der Waals surface area contributed by atoms with E-state index in [1.807, 2.05) is 0 Å². The fraction of sp³-hybridized carbons (Fsp3) is 0.385. The zero-order valence-electron chi connectivity index (χ0n) is 11.0. The topological polar surface area (TPSA) is 75.6 Å². The van der Waals surface area contributed by atoms with Gasteiger partial charge < -0.3 is 15.2 Å². The van der Waals surface area contributed by atoms with E-state index in [1.54, 1.807) is 6.92 Å². The van der Waals surface area contributed by atoms with Gasteiger partial charge in [-0.3, -0.25) is 4.79 Å². The SMILES string of the molecule is CCC(NC(=O)C(C)Oc1ccc(F)c(F)c1)C(=O)O. The normalized spacial score (nSPS) is 13.4. The van der Waals surface area contributed by atoms with Crippen LogP contribution in [-0.2, 0) is 9.59 Å². The standard InChI is InChI=1S/C13H15F2NO4/c1-3-11(13(18)19)16-12(17)7(2)20-8-4-5-9(14)10(15)6-8/h4-7,11H,3H2,1-2H3,(H,16,17)(H,18,19). The molecule has 1 amide bonds. The molecule has 0 aromatic heterocycles. The molecule has 0 aliphatic rings. The van der Waals surface area contributed by atoms with E-state index in [0.29, 0.717) is 0 Å². The third-order valence-corrected chi connectivity index (χ3v) is 2.60. The molecule has 0 saturated heterocycles. The number of carboxylic acids is 1. The molecule has 0 heterocycles. The lowest BCUT2D eigenvalue weighted by Crippen LogP contribution is -2.45. The summed E-state index contributed by atoms with van der Waals surface area (Å²) in [6, 6.07) is 1.85. The van der Waals surface area contributed by atoms with Crippen LogP contribution in [0.15, 0.2) is 18.2 Å². The second-order valence-electron chi connectivity index (χ2n) is 4.14. The summed E-state index contributed by atoms with van der Waals surface area (Å²) in [6.45, 7) is 2.99. The number of hydrogen-bond donors (Lipinski definition) is 2. The van der Waals surface area contributed by atoms with Crippen molar-refractivity contribution in [2.24, 2.45) is 0 Å². The first kappa shape index (κ1) is 15.9. The molecule has 0 saturated carbocycles. The molecule has 1 aromatic carbocycles. The molecule has 7 heteroatoms. The van der Waals surface area contributed by atoms with E-state index in [4.69, 9.17) is 9.84 Å². The van der Waals surface area contributed by atoms with Gasteiger partial charge in [-0.1, -0.05) is 6.92 Å². The van der Waals surface area contributed by atoms with Crippen molar-refractivity contribution in [1.82, 2.24) is 5.32 Å². The fourth-order valence-corrected chi connectivity index (χ4v) is 1.44. The number of benzene rings is 1. The van der Waals surface area contributed by atoms with E-state index in [-0.39, 0.29) is 12.2 Å². The van der Waals surface area contributed by atoms with Crippen LogP contribution in [0, 0.1) is 11.6 Å². The maximum atomic E-state index is 13.0. The Morgan fingerprint density at radius 1 is 1.35 bits per heavy atom. The molecule has 1 rings (SSSR count). The summed E-state index contributed by atoms with van der Waals surface area (Å²) in [5.41, 5.74) is 0. The fourth-order valence-electron chi connectivity index (χ4n) is 1.44. The molecule has 0 spiro atoms. The molecule has 0 aliphatic carbocycles. The summed E-state index contributed by atoms with van der Waals surface area (Å²) in [5, 5.41) is 11.1. The predicted molar refractivity (Wildman–Crippen MR) is 66.3 cm³/mol. The molecule has 0 radical (unpaired) electrons. The van der Waals surface area contributed by atoms with Crippen LogP contribution >= 0.6 is 0 Å². The highest BCUT2D eigenvalue weighted by Gasteiger charge is 2.22. The van der Waals surface area contributed by atoms with Gasteiger partial charge in [-0.05, 0) is 25.5 Å². The van der Waals surface area contributed by atoms with Crippen molar-refractivity contribution < 1.29 is 28.2 Å². The summed E-state index contributed by atoms with van der Waals surface area (Å²) >= 11 is 0. The van der Waals surface area contributed by atoms with Gasteiger partial charge in [0.05, 0.1) is 0 Å². The van der Waals surface area contributed by atoms with Crippen molar-refractivity contribution in [3.63, 3.8) is 0 Å². The smallest absolute Gasteiger partial charge is 0.326 e. The molecule has 2 unspecified atom stereocenters. The molecule has 1 aromatic rings. The van der Waals surface area contributed by atoms with Crippen LogP contribution in [-0.4, -0.2) is 29.1 Å². The second kappa shape index (κ2) is 6.83. The number of rotatable bonds is 6. The Balaban J connectivity index is 2.65. The van der Waals surface area contributed by atoms with Crippen LogP contribution in [0.2, 0.25) is 0 Å². The highest BCUT2D eigenvalue weighted by molar-refractivity contribution is 5.86. The first-order chi connectivity index (χ1) is 9.35. The molecule has 0 aliphatic heterocycles. The molecule has 110 valence electrons. The van der Waals surface area contributed by atoms with Crippen LogP contribution in [0.25, 0.3) is 0 Å². The molecular weight excluding hydrogens is 272 g/mol. The van der Waals surface area contributed by atoms with Crippen molar-refractivity contribution in [3.8, 4) is 5.75 Å². The average Bonchev–Trinajstić information content (AvgIpc) is 2.39. The Morgan fingerprint density at radius 2 is 2.00 bits per heavy atom. The van der Waals surface area contributed by atoms with Crippen molar-refractivity contribution >= 4 is 11.9 Å². The van der Waals surface area contributed by atoms with Crippen LogP contribution < -0.4 is 10.1 Å². The first-order valence-corrected chi connectivity index (χ1v) is 6.00. The molecular formula is C13H15F2NO4. The summed E-state index contributed by atoms with van der Waals surface area (Å²) < 4.78 is 30.8. The van der Waals surface area contributed by atoms with Gasteiger partial charge in [0.2, 0.25) is 0 Å². The lowest BCUT2D eigenvalue weighted by molar-refractivity contribution is -0.143. The van der Waals surface area contributed by atoms with Gasteiger partial charge in [-0.2, -0.15) is 0 Å². The number of carboxylic acid groups (broad SMARTS) is 1. The van der Waals surface area contributed by atoms with Crippen molar-refractivity contribution in [3.05, 3.63) is 29.8 Å². The number of nitrogens with one attached hydrogen (secondary N) is 1. The Morgan fingerprint density at radius 3 is 2.50 bits per heavy atom. The van der Waals surface area contributed by atoms with Crippen molar-refractivity contribution in [2.45, 2.75) is 32.4 Å². The van der Waals surface area contributed by atoms with Gasteiger partial charge >= 0.3 is 5.97 Å². The van der Waals surface area contributed by atoms with Crippen LogP contribution in [0.4, 0.5) is 8.78 Å². The van der Waals surface area contributed by atoms with E-state index in [1.165, 1.54) is 13.0 Å². The Hall–Kier alpha value is -2.18. The van der Waals surface area contributed by atoms with E-state index < -0.39 is 35.7 Å². The minimum Gasteiger partial charge on any atom is -0.481 e. The average molecular weight is 287 g/mol. The Bertz CT molecular complexity index is 507. The third-order valence-electron chi connectivity index (χ3n) is 2.60. The molecule has 20 heavy (non-hydrogen) atoms. The van der Waals surface area contributed by atoms with Gasteiger partial charge in [0, 0.05) is 6.07 Å². The second-order valence-corrected chi connectivity index (χ2v) is 4.14. The summed E-state index contributed by atoms with van der Waals surface area (Å²) in [6.07, 6.45) is -0.813. The van der Waals surface area contributed by atoms with E-state index >= 15 is 0 Å². The monoisotopic (exact) mass is 287 g/mol. The van der Waals surface area contributed by atoms with Gasteiger partial charge in [0.1, 0.15) is 11.8 Å².